The van der Waals surface area contributed by atoms with E-state index in [0.29, 0.717) is 17.0 Å². The maximum absolute atomic E-state index is 13.6. The number of aryl methyl sites for hydroxylation is 2. The van der Waals surface area contributed by atoms with Crippen LogP contribution in [0.4, 0.5) is 4.39 Å². The van der Waals surface area contributed by atoms with E-state index < -0.39 is 23.7 Å². The fourth-order valence-electron chi connectivity index (χ4n) is 2.63. The maximum Gasteiger partial charge on any atom is 0.279 e. The summed E-state index contributed by atoms with van der Waals surface area (Å²) in [6, 6.07) is 5.75. The van der Waals surface area contributed by atoms with Gasteiger partial charge in [-0.3, -0.25) is 20.4 Å². The zero-order valence-corrected chi connectivity index (χ0v) is 15.6. The Labute approximate surface area is 159 Å². The average molecular weight is 386 g/mol. The van der Waals surface area contributed by atoms with Crippen molar-refractivity contribution in [3.63, 3.8) is 0 Å². The predicted octanol–water partition coefficient (Wildman–Crippen LogP) is 1.04. The van der Waals surface area contributed by atoms with Gasteiger partial charge in [0.05, 0.1) is 6.42 Å². The summed E-state index contributed by atoms with van der Waals surface area (Å²) in [4.78, 5) is 32.6. The van der Waals surface area contributed by atoms with E-state index in [0.717, 1.165) is 5.69 Å². The van der Waals surface area contributed by atoms with E-state index in [9.17, 15) is 14.0 Å². The van der Waals surface area contributed by atoms with Crippen molar-refractivity contribution in [2.75, 3.05) is 0 Å². The summed E-state index contributed by atoms with van der Waals surface area (Å²) in [5.41, 5.74) is 6.66. The van der Waals surface area contributed by atoms with E-state index in [1.165, 1.54) is 31.5 Å². The normalized spacial score (nSPS) is 11.9. The first-order chi connectivity index (χ1) is 13.4. The summed E-state index contributed by atoms with van der Waals surface area (Å²) >= 11 is 0. The van der Waals surface area contributed by atoms with Gasteiger partial charge in [-0.05, 0) is 32.9 Å². The van der Waals surface area contributed by atoms with Crippen LogP contribution in [0.5, 0.6) is 5.75 Å². The Morgan fingerprint density at radius 2 is 2.00 bits per heavy atom. The molecule has 1 aromatic carbocycles. The third kappa shape index (κ3) is 4.05. The molecule has 0 aliphatic rings. The van der Waals surface area contributed by atoms with Gasteiger partial charge in [0.1, 0.15) is 6.33 Å². The lowest BCUT2D eigenvalue weighted by molar-refractivity contribution is -0.132. The fourth-order valence-corrected chi connectivity index (χ4v) is 2.63. The van der Waals surface area contributed by atoms with Crippen molar-refractivity contribution in [2.24, 2.45) is 0 Å². The number of hydrogen-bond acceptors (Lipinski definition) is 6. The molecule has 0 aliphatic carbocycles. The minimum Gasteiger partial charge on any atom is -0.478 e. The summed E-state index contributed by atoms with van der Waals surface area (Å²) in [5.74, 6) is -1.23. The number of benzene rings is 1. The molecule has 0 saturated carbocycles. The lowest BCUT2D eigenvalue weighted by Crippen LogP contribution is -2.47. The highest BCUT2D eigenvalue weighted by Gasteiger charge is 2.18. The largest absolute Gasteiger partial charge is 0.478 e. The molecule has 9 nitrogen and oxygen atoms in total. The number of amides is 2. The van der Waals surface area contributed by atoms with Crippen LogP contribution < -0.4 is 15.6 Å². The van der Waals surface area contributed by atoms with E-state index in [4.69, 9.17) is 4.74 Å². The number of aromatic nitrogens is 4. The summed E-state index contributed by atoms with van der Waals surface area (Å²) in [7, 11) is 0. The van der Waals surface area contributed by atoms with Crippen LogP contribution >= 0.6 is 0 Å². The second-order valence-electron chi connectivity index (χ2n) is 6.14. The lowest BCUT2D eigenvalue weighted by atomic mass is 10.1. The van der Waals surface area contributed by atoms with E-state index >= 15 is 0 Å². The quantitative estimate of drug-likeness (QED) is 0.634. The molecule has 2 aromatic heterocycles. The number of hydrogen-bond donors (Lipinski definition) is 2. The third-order valence-electron chi connectivity index (χ3n) is 4.16. The number of fused-ring (bicyclic) bond motifs is 1. The highest BCUT2D eigenvalue weighted by molar-refractivity contribution is 5.85. The molecule has 1 atom stereocenters. The molecule has 2 heterocycles. The molecule has 2 amide bonds. The van der Waals surface area contributed by atoms with Crippen LogP contribution in [0.1, 0.15) is 23.9 Å². The third-order valence-corrected chi connectivity index (χ3v) is 4.16. The Balaban J connectivity index is 1.58. The molecule has 0 aliphatic heterocycles. The van der Waals surface area contributed by atoms with E-state index in [-0.39, 0.29) is 12.2 Å². The molecule has 0 unspecified atom stereocenters. The first-order valence-corrected chi connectivity index (χ1v) is 8.52. The lowest BCUT2D eigenvalue weighted by Gasteiger charge is -2.16. The van der Waals surface area contributed by atoms with Crippen molar-refractivity contribution in [2.45, 2.75) is 33.3 Å². The summed E-state index contributed by atoms with van der Waals surface area (Å²) in [6.07, 6.45) is 0.368. The van der Waals surface area contributed by atoms with Crippen LogP contribution in [0.15, 0.2) is 30.6 Å². The Kier molecular flexibility index (Phi) is 5.48. The minimum atomic E-state index is -1.01. The molecule has 0 bridgehead atoms. The van der Waals surface area contributed by atoms with Crippen molar-refractivity contribution < 1.29 is 18.7 Å². The Morgan fingerprint density at radius 3 is 2.75 bits per heavy atom. The Bertz CT molecular complexity index is 1040. The smallest absolute Gasteiger partial charge is 0.279 e. The molecule has 0 saturated heterocycles. The number of ether oxygens (including phenoxy) is 1. The van der Waals surface area contributed by atoms with Gasteiger partial charge >= 0.3 is 0 Å². The van der Waals surface area contributed by atoms with Gasteiger partial charge < -0.3 is 4.74 Å². The van der Waals surface area contributed by atoms with Crippen LogP contribution in [0.3, 0.4) is 0 Å². The SMILES string of the molecule is Cc1nc2ncnn2c(C)c1CC(=O)NNC(=O)[C@@H](C)Oc1ccccc1F. The minimum absolute atomic E-state index is 0.0106. The standard InChI is InChI=1S/C18H19FN6O3/c1-10-13(11(2)25-18(22-10)20-9-21-25)8-16(26)23-24-17(27)12(3)28-15-7-5-4-6-14(15)19/h4-7,9,12H,8H2,1-3H3,(H,23,26)(H,24,27)/t12-/m1/s1. The van der Waals surface area contributed by atoms with Gasteiger partial charge in [0, 0.05) is 17.0 Å². The number of para-hydroxylation sites is 1. The molecule has 0 radical (unpaired) electrons. The van der Waals surface area contributed by atoms with E-state index in [1.807, 2.05) is 6.92 Å². The molecule has 10 heteroatoms. The number of rotatable bonds is 5. The van der Waals surface area contributed by atoms with Gasteiger partial charge in [0.2, 0.25) is 5.91 Å². The molecule has 0 spiro atoms. The van der Waals surface area contributed by atoms with Crippen LogP contribution in [0.2, 0.25) is 0 Å². The number of carbonyl (C=O) groups excluding carboxylic acids is 2. The molecule has 3 rings (SSSR count). The van der Waals surface area contributed by atoms with Crippen LogP contribution in [0, 0.1) is 19.7 Å². The number of nitrogens with one attached hydrogen (secondary N) is 2. The second kappa shape index (κ2) is 7.99. The van der Waals surface area contributed by atoms with Gasteiger partial charge in [-0.15, -0.1) is 0 Å². The molecular formula is C18H19FN6O3. The zero-order chi connectivity index (χ0) is 20.3. The molecular weight excluding hydrogens is 367 g/mol. The molecule has 146 valence electrons. The second-order valence-corrected chi connectivity index (χ2v) is 6.14. The number of hydrazine groups is 1. The maximum atomic E-state index is 13.6. The van der Waals surface area contributed by atoms with Gasteiger partial charge in [0.15, 0.2) is 17.7 Å². The summed E-state index contributed by atoms with van der Waals surface area (Å²) in [5, 5.41) is 4.07. The molecule has 0 fully saturated rings. The van der Waals surface area contributed by atoms with Crippen LogP contribution in [-0.2, 0) is 16.0 Å². The molecule has 2 N–H and O–H groups in total. The number of nitrogens with zero attached hydrogens (tertiary/aromatic N) is 4. The first-order valence-electron chi connectivity index (χ1n) is 8.52. The summed E-state index contributed by atoms with van der Waals surface area (Å²) in [6.45, 7) is 5.03. The van der Waals surface area contributed by atoms with Gasteiger partial charge in [-0.25, -0.2) is 13.9 Å². The molecule has 3 aromatic rings. The van der Waals surface area contributed by atoms with E-state index in [2.05, 4.69) is 25.9 Å². The number of halogens is 1. The fraction of sp³-hybridized carbons (Fsp3) is 0.278. The van der Waals surface area contributed by atoms with Crippen molar-refractivity contribution in [1.82, 2.24) is 30.4 Å². The van der Waals surface area contributed by atoms with Crippen molar-refractivity contribution in [3.05, 3.63) is 53.4 Å². The van der Waals surface area contributed by atoms with Crippen LogP contribution in [0.25, 0.3) is 5.78 Å². The monoisotopic (exact) mass is 386 g/mol. The van der Waals surface area contributed by atoms with Gasteiger partial charge in [-0.2, -0.15) is 10.1 Å². The Morgan fingerprint density at radius 1 is 1.25 bits per heavy atom. The Hall–Kier alpha value is -3.56. The summed E-state index contributed by atoms with van der Waals surface area (Å²) < 4.78 is 20.4. The highest BCUT2D eigenvalue weighted by atomic mass is 19.1. The average Bonchev–Trinajstić information content (AvgIpc) is 3.13. The van der Waals surface area contributed by atoms with Gasteiger partial charge in [0.25, 0.3) is 11.7 Å². The highest BCUT2D eigenvalue weighted by Crippen LogP contribution is 2.17. The van der Waals surface area contributed by atoms with Crippen molar-refractivity contribution in [1.29, 1.82) is 0 Å². The predicted molar refractivity (Wildman–Crippen MR) is 96.7 cm³/mol. The first kappa shape index (κ1) is 19.2. The zero-order valence-electron chi connectivity index (χ0n) is 15.6. The van der Waals surface area contributed by atoms with E-state index in [1.54, 1.807) is 17.5 Å². The van der Waals surface area contributed by atoms with Crippen LogP contribution in [-0.4, -0.2) is 37.5 Å². The van der Waals surface area contributed by atoms with Gasteiger partial charge in [-0.1, -0.05) is 12.1 Å². The molecule has 28 heavy (non-hydrogen) atoms. The topological polar surface area (TPSA) is 111 Å². The number of carbonyl (C=O) groups is 2. The van der Waals surface area contributed by atoms with Crippen molar-refractivity contribution in [3.8, 4) is 5.75 Å². The van der Waals surface area contributed by atoms with Crippen molar-refractivity contribution >= 4 is 17.6 Å².